The maximum Gasteiger partial charge on any atom is 0.411 e. The molecule has 2 N–H and O–H groups in total. The van der Waals surface area contributed by atoms with Crippen molar-refractivity contribution in [3.8, 4) is 11.1 Å². The van der Waals surface area contributed by atoms with E-state index in [1.54, 1.807) is 39.1 Å². The van der Waals surface area contributed by atoms with Gasteiger partial charge in [0, 0.05) is 38.4 Å². The van der Waals surface area contributed by atoms with Gasteiger partial charge in [-0.15, -0.1) is 0 Å². The molecule has 0 unspecified atom stereocenters. The van der Waals surface area contributed by atoms with Crippen LogP contribution in [0.4, 0.5) is 23.2 Å². The number of hydrogen-bond donors (Lipinski definition) is 2. The van der Waals surface area contributed by atoms with Gasteiger partial charge in [0.1, 0.15) is 17.9 Å². The number of aryl methyl sites for hydroxylation is 2. The SMILES string of the molecule is CC.Cc1cc(C[C@H](NC(=O)c2c(C)cc(N3CCOC[C@@H]3C(F)(F)F)cc2F)C(=O)O)ccc1-c1c(C)n(C)c(=O)n(C)c1=O. The molecule has 2 atom stereocenters. The maximum absolute atomic E-state index is 15.2. The van der Waals surface area contributed by atoms with E-state index in [2.05, 4.69) is 5.32 Å². The first-order valence-electron chi connectivity index (χ1n) is 14.6. The van der Waals surface area contributed by atoms with Crippen LogP contribution < -0.4 is 21.5 Å². The zero-order valence-corrected chi connectivity index (χ0v) is 26.7. The lowest BCUT2D eigenvalue weighted by Gasteiger charge is -2.38. The monoisotopic (exact) mass is 650 g/mol. The van der Waals surface area contributed by atoms with E-state index in [-0.39, 0.29) is 30.8 Å². The van der Waals surface area contributed by atoms with Crippen molar-refractivity contribution in [1.82, 2.24) is 14.5 Å². The highest BCUT2D eigenvalue weighted by molar-refractivity contribution is 5.98. The molecule has 4 rings (SSSR count). The van der Waals surface area contributed by atoms with Crippen molar-refractivity contribution in [2.75, 3.05) is 24.7 Å². The van der Waals surface area contributed by atoms with Crippen LogP contribution in [-0.4, -0.2) is 64.1 Å². The second-order valence-corrected chi connectivity index (χ2v) is 10.8. The molecular formula is C32H38F4N4O6. The molecule has 3 aromatic rings. The first kappa shape index (κ1) is 36.0. The Morgan fingerprint density at radius 2 is 1.70 bits per heavy atom. The van der Waals surface area contributed by atoms with Gasteiger partial charge >= 0.3 is 17.8 Å². The third kappa shape index (κ3) is 7.33. The molecule has 1 amide bonds. The van der Waals surface area contributed by atoms with E-state index >= 15 is 4.39 Å². The molecule has 2 heterocycles. The van der Waals surface area contributed by atoms with Crippen molar-refractivity contribution in [3.63, 3.8) is 0 Å². The number of carboxylic acids is 1. The number of aliphatic carboxylic acids is 1. The fraction of sp³-hybridized carbons (Fsp3) is 0.438. The number of carboxylic acid groups (broad SMARTS) is 1. The van der Waals surface area contributed by atoms with Gasteiger partial charge in [0.2, 0.25) is 0 Å². The van der Waals surface area contributed by atoms with Crippen LogP contribution in [0.15, 0.2) is 39.9 Å². The lowest BCUT2D eigenvalue weighted by Crippen LogP contribution is -2.53. The fourth-order valence-electron chi connectivity index (χ4n) is 5.42. The number of hydrogen-bond acceptors (Lipinski definition) is 6. The van der Waals surface area contributed by atoms with Gasteiger partial charge in [0.05, 0.1) is 24.3 Å². The third-order valence-corrected chi connectivity index (χ3v) is 7.90. The molecule has 0 radical (unpaired) electrons. The Labute approximate surface area is 263 Å². The number of halogens is 4. The molecule has 1 aromatic heterocycles. The van der Waals surface area contributed by atoms with E-state index in [4.69, 9.17) is 4.74 Å². The first-order valence-corrected chi connectivity index (χ1v) is 14.6. The van der Waals surface area contributed by atoms with E-state index in [1.165, 1.54) is 24.6 Å². The summed E-state index contributed by atoms with van der Waals surface area (Å²) in [5.74, 6) is -3.52. The Bertz CT molecular complexity index is 1730. The molecule has 10 nitrogen and oxygen atoms in total. The van der Waals surface area contributed by atoms with Crippen molar-refractivity contribution in [2.24, 2.45) is 14.1 Å². The third-order valence-electron chi connectivity index (χ3n) is 7.90. The van der Waals surface area contributed by atoms with Crippen molar-refractivity contribution in [2.45, 2.75) is 59.3 Å². The quantitative estimate of drug-likeness (QED) is 0.371. The number of anilines is 1. The van der Waals surface area contributed by atoms with Crippen LogP contribution in [0.2, 0.25) is 0 Å². The number of ether oxygens (including phenoxy) is 1. The molecule has 0 aliphatic carbocycles. The minimum Gasteiger partial charge on any atom is -0.480 e. The number of alkyl halides is 3. The molecule has 1 aliphatic heterocycles. The number of benzene rings is 2. The van der Waals surface area contributed by atoms with E-state index < -0.39 is 59.4 Å². The molecule has 1 fully saturated rings. The summed E-state index contributed by atoms with van der Waals surface area (Å²) >= 11 is 0. The van der Waals surface area contributed by atoms with Crippen LogP contribution in [0.25, 0.3) is 11.1 Å². The van der Waals surface area contributed by atoms with Crippen molar-refractivity contribution >= 4 is 17.6 Å². The van der Waals surface area contributed by atoms with Gasteiger partial charge in [0.25, 0.3) is 11.5 Å². The number of carbonyl (C=O) groups is 2. The van der Waals surface area contributed by atoms with E-state index in [0.717, 1.165) is 15.5 Å². The topological polar surface area (TPSA) is 123 Å². The van der Waals surface area contributed by atoms with Gasteiger partial charge in [-0.1, -0.05) is 32.0 Å². The normalized spacial score (nSPS) is 15.5. The molecule has 0 bridgehead atoms. The summed E-state index contributed by atoms with van der Waals surface area (Å²) in [5, 5.41) is 12.2. The van der Waals surface area contributed by atoms with Gasteiger partial charge in [-0.2, -0.15) is 13.2 Å². The highest BCUT2D eigenvalue weighted by Crippen LogP contribution is 2.33. The van der Waals surface area contributed by atoms with Crippen LogP contribution in [0, 0.1) is 26.6 Å². The lowest BCUT2D eigenvalue weighted by atomic mass is 9.95. The summed E-state index contributed by atoms with van der Waals surface area (Å²) in [6, 6.07) is 3.49. The fourth-order valence-corrected chi connectivity index (χ4v) is 5.42. The van der Waals surface area contributed by atoms with E-state index in [1.807, 2.05) is 13.8 Å². The Morgan fingerprint density at radius 3 is 2.26 bits per heavy atom. The molecule has 1 saturated heterocycles. The number of morpholine rings is 1. The second-order valence-electron chi connectivity index (χ2n) is 10.8. The minimum absolute atomic E-state index is 0.0114. The lowest BCUT2D eigenvalue weighted by molar-refractivity contribution is -0.167. The summed E-state index contributed by atoms with van der Waals surface area (Å²) in [4.78, 5) is 51.3. The molecule has 250 valence electrons. The van der Waals surface area contributed by atoms with Crippen molar-refractivity contribution < 1.29 is 37.0 Å². The Kier molecular flexibility index (Phi) is 11.2. The summed E-state index contributed by atoms with van der Waals surface area (Å²) < 4.78 is 63.1. The second kappa shape index (κ2) is 14.3. The summed E-state index contributed by atoms with van der Waals surface area (Å²) in [6.07, 6.45) is -4.81. The highest BCUT2D eigenvalue weighted by atomic mass is 19.4. The molecular weight excluding hydrogens is 612 g/mol. The van der Waals surface area contributed by atoms with E-state index in [9.17, 15) is 37.5 Å². The maximum atomic E-state index is 15.2. The first-order chi connectivity index (χ1) is 21.5. The smallest absolute Gasteiger partial charge is 0.411 e. The Hall–Kier alpha value is -4.46. The van der Waals surface area contributed by atoms with Crippen LogP contribution in [0.1, 0.15) is 46.6 Å². The van der Waals surface area contributed by atoms with Gasteiger partial charge in [-0.05, 0) is 55.2 Å². The Morgan fingerprint density at radius 1 is 1.04 bits per heavy atom. The number of nitrogens with one attached hydrogen (secondary N) is 1. The molecule has 2 aromatic carbocycles. The van der Waals surface area contributed by atoms with E-state index in [0.29, 0.717) is 27.9 Å². The average molecular weight is 651 g/mol. The predicted octanol–water partition coefficient (Wildman–Crippen LogP) is 4.03. The number of nitrogens with zero attached hydrogens (tertiary/aromatic N) is 3. The predicted molar refractivity (Wildman–Crippen MR) is 165 cm³/mol. The van der Waals surface area contributed by atoms with Gasteiger partial charge in [0.15, 0.2) is 0 Å². The molecule has 0 spiro atoms. The summed E-state index contributed by atoms with van der Waals surface area (Å²) in [6.45, 7) is 7.98. The largest absolute Gasteiger partial charge is 0.480 e. The van der Waals surface area contributed by atoms with Crippen LogP contribution in [0.3, 0.4) is 0 Å². The van der Waals surface area contributed by atoms with Gasteiger partial charge < -0.3 is 24.6 Å². The van der Waals surface area contributed by atoms with Crippen LogP contribution in [0.5, 0.6) is 0 Å². The Balaban J connectivity index is 0.00000282. The molecule has 1 aliphatic rings. The number of carbonyl (C=O) groups excluding carboxylic acids is 1. The molecule has 14 heteroatoms. The van der Waals surface area contributed by atoms with Gasteiger partial charge in [-0.3, -0.25) is 14.2 Å². The number of rotatable bonds is 7. The zero-order valence-electron chi connectivity index (χ0n) is 26.7. The van der Waals surface area contributed by atoms with Crippen LogP contribution >= 0.6 is 0 Å². The van der Waals surface area contributed by atoms with Crippen LogP contribution in [-0.2, 0) is 30.0 Å². The van der Waals surface area contributed by atoms with Crippen molar-refractivity contribution in [3.05, 3.63) is 84.9 Å². The number of aromatic nitrogens is 2. The zero-order chi connectivity index (χ0) is 34.7. The number of amides is 1. The average Bonchev–Trinajstić information content (AvgIpc) is 3.00. The van der Waals surface area contributed by atoms with Gasteiger partial charge in [-0.25, -0.2) is 14.0 Å². The van der Waals surface area contributed by atoms with Crippen molar-refractivity contribution in [1.29, 1.82) is 0 Å². The molecule has 0 saturated carbocycles. The minimum atomic E-state index is -4.63. The molecule has 46 heavy (non-hydrogen) atoms. The summed E-state index contributed by atoms with van der Waals surface area (Å²) in [5.41, 5.74) is 0.950. The summed E-state index contributed by atoms with van der Waals surface area (Å²) in [7, 11) is 2.92. The highest BCUT2D eigenvalue weighted by Gasteiger charge is 2.45. The standard InChI is InChI=1S/C30H32F4N4O6.C2H6/c1-15-10-18(6-7-20(15)25-17(3)36(4)29(43)37(5)27(25)40)12-22(28(41)42)35-26(39)24-16(2)11-19(13-21(24)31)38-8-9-44-14-23(38)30(32,33)34;1-2/h6-7,10-11,13,22-23H,8-9,12,14H2,1-5H3,(H,35,39)(H,41,42);1-2H3/t22-,23+;/m0./s1.